The number of aromatic carboxylic acids is 1. The highest BCUT2D eigenvalue weighted by molar-refractivity contribution is 7.66. The lowest BCUT2D eigenvalue weighted by atomic mass is 9.88. The van der Waals surface area contributed by atoms with Crippen LogP contribution in [0.1, 0.15) is 88.4 Å². The molecule has 33 heteroatoms. The number of carboxylic acid groups (broad SMARTS) is 1. The highest BCUT2D eigenvalue weighted by Crippen LogP contribution is 2.66. The van der Waals surface area contributed by atoms with Gasteiger partial charge >= 0.3 is 35.1 Å². The van der Waals surface area contributed by atoms with Gasteiger partial charge < -0.3 is 58.6 Å². The van der Waals surface area contributed by atoms with Crippen molar-refractivity contribution < 1.29 is 100.0 Å². The minimum atomic E-state index is -5.86. The van der Waals surface area contributed by atoms with Crippen molar-refractivity contribution in [1.29, 1.82) is 0 Å². The zero-order chi connectivity index (χ0) is 58.9. The highest BCUT2D eigenvalue weighted by Gasteiger charge is 2.43. The van der Waals surface area contributed by atoms with Crippen LogP contribution in [-0.4, -0.2) is 87.0 Å². The second-order valence-corrected chi connectivity index (χ2v) is 22.9. The molecule has 80 heavy (non-hydrogen) atoms. The number of phosphoric ester groups is 1. The molecule has 7 rings (SSSR count). The number of fused-ring (bicyclic) bond motifs is 2. The Bertz CT molecular complexity index is 3850. The zero-order valence-corrected chi connectivity index (χ0v) is 45.5. The Morgan fingerprint density at radius 2 is 1.69 bits per heavy atom. The first-order valence-electron chi connectivity index (χ1n) is 23.0. The average molecular weight is 1210 g/mol. The van der Waals surface area contributed by atoms with Crippen LogP contribution in [-0.2, 0) is 49.5 Å². The summed E-state index contributed by atoms with van der Waals surface area (Å²) in [5.41, 5.74) is -4.11. The smallest absolute Gasteiger partial charge is 0.490 e. The SMILES string of the molecule is COc1cc2c(-c3cc(C(=O)CCC#Cc4ccc(C(OCc5cn([C@H]6CC(O)[C@@H](COP(=O)(O)OP(=O)(O)OP(=O)(O)O)O6)c(=O)[nH]c5=O)C(C)C)c([N+](=O)[O-])c4)ccc3C(=O)O)c3cc(CO)c([O-])c(Cl)c3oc-2c(Cl)c1=O. The molecule has 3 aromatic carbocycles. The predicted molar refractivity (Wildman–Crippen MR) is 275 cm³/mol. The Morgan fingerprint density at radius 3 is 2.33 bits per heavy atom. The number of carbonyl (C=O) groups excluding carboxylic acids is 1. The number of H-pyrrole nitrogens is 1. The van der Waals surface area contributed by atoms with E-state index in [1.807, 2.05) is 0 Å². The maximum absolute atomic E-state index is 13.8. The van der Waals surface area contributed by atoms with E-state index in [0.717, 1.165) is 22.9 Å². The number of methoxy groups -OCH3 is 1. The van der Waals surface area contributed by atoms with Gasteiger partial charge in [-0.3, -0.25) is 38.6 Å². The van der Waals surface area contributed by atoms with Crippen LogP contribution in [0.4, 0.5) is 5.69 Å². The van der Waals surface area contributed by atoms with Gasteiger partial charge in [0, 0.05) is 59.2 Å². The van der Waals surface area contributed by atoms with E-state index < -0.39 is 135 Å². The molecule has 2 aliphatic heterocycles. The molecule has 6 atom stereocenters. The van der Waals surface area contributed by atoms with Crippen molar-refractivity contribution in [3.63, 3.8) is 0 Å². The van der Waals surface area contributed by atoms with Gasteiger partial charge in [0.25, 0.3) is 11.2 Å². The number of rotatable bonds is 21. The van der Waals surface area contributed by atoms with Gasteiger partial charge in [-0.1, -0.05) is 60.7 Å². The molecule has 28 nitrogen and oxygen atoms in total. The van der Waals surface area contributed by atoms with E-state index in [2.05, 4.69) is 30.0 Å². The molecule has 0 amide bonds. The zero-order valence-electron chi connectivity index (χ0n) is 41.3. The Hall–Kier alpha value is -6.44. The number of aliphatic hydroxyl groups is 2. The average Bonchev–Trinajstić information content (AvgIpc) is 3.74. The summed E-state index contributed by atoms with van der Waals surface area (Å²) in [6, 6.07) is 10.2. The van der Waals surface area contributed by atoms with Crippen molar-refractivity contribution in [2.24, 2.45) is 5.92 Å². The van der Waals surface area contributed by atoms with Crippen LogP contribution >= 0.6 is 46.7 Å². The first-order valence-corrected chi connectivity index (χ1v) is 28.2. The van der Waals surface area contributed by atoms with Crippen LogP contribution in [0.15, 0.2) is 73.5 Å². The van der Waals surface area contributed by atoms with E-state index in [1.54, 1.807) is 13.8 Å². The van der Waals surface area contributed by atoms with Crippen LogP contribution < -0.4 is 26.5 Å². The van der Waals surface area contributed by atoms with Crippen molar-refractivity contribution in [2.45, 2.75) is 70.9 Å². The number of nitrogens with one attached hydrogen (secondary N) is 1. The van der Waals surface area contributed by atoms with Crippen LogP contribution in [0.5, 0.6) is 11.5 Å². The summed E-state index contributed by atoms with van der Waals surface area (Å²) in [6.07, 6.45) is -5.27. The molecule has 3 heterocycles. The summed E-state index contributed by atoms with van der Waals surface area (Å²) in [5, 5.41) is 55.5. The van der Waals surface area contributed by atoms with E-state index in [1.165, 1.54) is 43.5 Å². The van der Waals surface area contributed by atoms with Crippen molar-refractivity contribution in [3.8, 4) is 45.8 Å². The van der Waals surface area contributed by atoms with Gasteiger partial charge in [-0.25, -0.2) is 23.3 Å². The number of nitro benzene ring substituents is 1. The van der Waals surface area contributed by atoms with Gasteiger partial charge in [0.05, 0.1) is 65.8 Å². The third-order valence-electron chi connectivity index (χ3n) is 12.0. The molecule has 0 spiro atoms. The Kier molecular flexibility index (Phi) is 18.6. The van der Waals surface area contributed by atoms with Gasteiger partial charge in [0.2, 0.25) is 5.43 Å². The van der Waals surface area contributed by atoms with E-state index in [0.29, 0.717) is 0 Å². The van der Waals surface area contributed by atoms with Crippen LogP contribution in [0.3, 0.4) is 0 Å². The number of nitro groups is 1. The summed E-state index contributed by atoms with van der Waals surface area (Å²) in [6.45, 7) is 0.953. The summed E-state index contributed by atoms with van der Waals surface area (Å²) >= 11 is 12.9. The van der Waals surface area contributed by atoms with E-state index in [9.17, 15) is 78.0 Å². The topological polar surface area (TPSA) is 434 Å². The molecule has 0 radical (unpaired) electrons. The molecule has 1 fully saturated rings. The van der Waals surface area contributed by atoms with Crippen LogP contribution in [0.25, 0.3) is 33.4 Å². The van der Waals surface area contributed by atoms with Gasteiger partial charge in [-0.2, -0.15) is 8.62 Å². The number of halogens is 2. The molecular formula is C47H43Cl2N3O25P3-. The van der Waals surface area contributed by atoms with E-state index >= 15 is 0 Å². The Labute approximate surface area is 458 Å². The van der Waals surface area contributed by atoms with Gasteiger partial charge in [-0.05, 0) is 53.4 Å². The number of ether oxygens (including phenoxy) is 3. The number of phosphoric acid groups is 3. The summed E-state index contributed by atoms with van der Waals surface area (Å²) < 4.78 is 70.2. The maximum Gasteiger partial charge on any atom is 0.490 e. The number of aromatic nitrogens is 2. The van der Waals surface area contributed by atoms with E-state index in [-0.39, 0.29) is 85.4 Å². The molecule has 8 N–H and O–H groups in total. The second-order valence-electron chi connectivity index (χ2n) is 17.7. The van der Waals surface area contributed by atoms with E-state index in [4.69, 9.17) is 51.6 Å². The van der Waals surface area contributed by atoms with Crippen molar-refractivity contribution in [1.82, 2.24) is 9.55 Å². The third-order valence-corrected chi connectivity index (χ3v) is 16.5. The maximum atomic E-state index is 13.8. The number of hydrogen-bond acceptors (Lipinski definition) is 20. The van der Waals surface area contributed by atoms with Crippen LogP contribution in [0.2, 0.25) is 10.0 Å². The van der Waals surface area contributed by atoms with Crippen molar-refractivity contribution in [2.75, 3.05) is 13.7 Å². The summed E-state index contributed by atoms with van der Waals surface area (Å²) in [7, 11) is -16.0. The molecule has 3 aliphatic rings. The predicted octanol–water partition coefficient (Wildman–Crippen LogP) is 5.82. The second kappa shape index (κ2) is 24.3. The number of aliphatic hydroxyl groups excluding tert-OH is 2. The fourth-order valence-electron chi connectivity index (χ4n) is 8.42. The number of benzene rings is 4. The highest BCUT2D eigenvalue weighted by atomic mass is 35.5. The largest absolute Gasteiger partial charge is 0.871 e. The van der Waals surface area contributed by atoms with Crippen molar-refractivity contribution >= 4 is 75.1 Å². The lowest BCUT2D eigenvalue weighted by Crippen LogP contribution is -2.34. The third kappa shape index (κ3) is 13.6. The molecular weight excluding hydrogens is 1170 g/mol. The van der Waals surface area contributed by atoms with Gasteiger partial charge in [0.15, 0.2) is 22.9 Å². The Morgan fingerprint density at radius 1 is 0.975 bits per heavy atom. The number of aromatic amines is 1. The first kappa shape index (κ1) is 61.2. The van der Waals surface area contributed by atoms with Gasteiger partial charge in [-0.15, -0.1) is 0 Å². The molecule has 0 bridgehead atoms. The number of ketones is 1. The Balaban J connectivity index is 1.08. The molecule has 0 saturated carbocycles. The number of carboxylic acids is 1. The molecule has 4 unspecified atom stereocenters. The van der Waals surface area contributed by atoms with Crippen LogP contribution in [0, 0.1) is 27.9 Å². The van der Waals surface area contributed by atoms with Crippen molar-refractivity contribution in [3.05, 3.63) is 139 Å². The fraction of sp³-hybridized carbons (Fsp3) is 0.298. The lowest BCUT2D eigenvalue weighted by molar-refractivity contribution is -0.386. The molecule has 1 aliphatic carbocycles. The number of nitrogens with zero attached hydrogens (tertiary/aromatic N) is 2. The minimum Gasteiger partial charge on any atom is -0.871 e. The molecule has 426 valence electrons. The number of hydrogen-bond donors (Lipinski definition) is 8. The molecule has 1 saturated heterocycles. The summed E-state index contributed by atoms with van der Waals surface area (Å²) in [4.78, 5) is 116. The quantitative estimate of drug-likeness (QED) is 0.0105. The molecule has 4 aromatic rings. The number of Topliss-reactive ketones (excluding diaryl/α,β-unsaturated/α-hetero) is 1. The normalized spacial score (nSPS) is 17.4. The van der Waals surface area contributed by atoms with Gasteiger partial charge in [0.1, 0.15) is 17.4 Å². The molecule has 1 aromatic heterocycles. The number of carbonyl (C=O) groups is 2. The standard InChI is InChI=1S/C47H44Cl2N3O25P3/c1-21(2)42(72-19-25-17-51(47(61)50-45(25)58)36-16-33(55)35(74-36)20-73-79(67,68)77-80(69,70)76-78(64,65)66)27-10-8-22(12-31(27)52(62)63)6-4-5-7-32(54)23-9-11-26(46(59)60)28(13-23)37-29-14-24(18-53)40(56)38(48)43(29)75-44-30(37)15-34(71-3)41(57)39(44)49/h8-15,17,21,33,35-36,42,53,55-56H,5,7,16,18-20H2,1-3H3,(H,59,60)(H,67,68)(H,69,70)(H,50,58,61)(H2,64,65,66)/p-1/t33?,35-,36-,42?/m1/s1. The summed E-state index contributed by atoms with van der Waals surface area (Å²) in [5.74, 6) is 1.76. The lowest BCUT2D eigenvalue weighted by Gasteiger charge is -2.22. The monoisotopic (exact) mass is 1210 g/mol. The fourth-order valence-corrected chi connectivity index (χ4v) is 11.9. The first-order chi connectivity index (χ1) is 37.4. The minimum absolute atomic E-state index is 0.00485.